The van der Waals surface area contributed by atoms with Crippen molar-refractivity contribution in [2.45, 2.75) is 40.2 Å². The third-order valence-corrected chi connectivity index (χ3v) is 5.12. The van der Waals surface area contributed by atoms with Crippen LogP contribution in [0, 0.1) is 12.8 Å². The summed E-state index contributed by atoms with van der Waals surface area (Å²) in [7, 11) is 0. The molecular formula is C22H34N4O3. The Labute approximate surface area is 173 Å². The van der Waals surface area contributed by atoms with Crippen LogP contribution in [0.4, 0.5) is 0 Å². The van der Waals surface area contributed by atoms with Crippen LogP contribution in [0.15, 0.2) is 24.3 Å². The Hall–Kier alpha value is -2.41. The molecule has 1 aliphatic heterocycles. The predicted molar refractivity (Wildman–Crippen MR) is 114 cm³/mol. The van der Waals surface area contributed by atoms with E-state index in [4.69, 9.17) is 0 Å². The zero-order valence-corrected chi connectivity index (χ0v) is 18.0. The summed E-state index contributed by atoms with van der Waals surface area (Å²) in [5.41, 5.74) is 1.57. The molecule has 1 aromatic carbocycles. The molecule has 0 aromatic heterocycles. The van der Waals surface area contributed by atoms with Crippen molar-refractivity contribution in [3.8, 4) is 0 Å². The summed E-state index contributed by atoms with van der Waals surface area (Å²) in [6.45, 7) is 11.3. The Morgan fingerprint density at radius 2 is 1.79 bits per heavy atom. The molecule has 1 saturated heterocycles. The fourth-order valence-corrected chi connectivity index (χ4v) is 3.37. The summed E-state index contributed by atoms with van der Waals surface area (Å²) < 4.78 is 0. The number of carbonyl (C=O) groups excluding carboxylic acids is 3. The lowest BCUT2D eigenvalue weighted by atomic mass is 10.0. The van der Waals surface area contributed by atoms with Crippen LogP contribution in [-0.2, 0) is 9.59 Å². The van der Waals surface area contributed by atoms with E-state index in [0.717, 1.165) is 12.0 Å². The predicted octanol–water partition coefficient (Wildman–Crippen LogP) is 1.42. The van der Waals surface area contributed by atoms with Gasteiger partial charge in [0.25, 0.3) is 5.91 Å². The van der Waals surface area contributed by atoms with Crippen molar-refractivity contribution in [2.24, 2.45) is 5.92 Å². The summed E-state index contributed by atoms with van der Waals surface area (Å²) in [5, 5.41) is 5.79. The molecule has 1 heterocycles. The number of hydrogen-bond donors (Lipinski definition) is 2. The Morgan fingerprint density at radius 3 is 2.38 bits per heavy atom. The van der Waals surface area contributed by atoms with Crippen LogP contribution >= 0.6 is 0 Å². The molecule has 160 valence electrons. The van der Waals surface area contributed by atoms with Crippen LogP contribution in [0.5, 0.6) is 0 Å². The molecule has 29 heavy (non-hydrogen) atoms. The van der Waals surface area contributed by atoms with Crippen molar-refractivity contribution in [3.63, 3.8) is 0 Å². The third-order valence-electron chi connectivity index (χ3n) is 5.12. The number of hydrogen-bond acceptors (Lipinski definition) is 4. The highest BCUT2D eigenvalue weighted by molar-refractivity contribution is 5.97. The third kappa shape index (κ3) is 6.85. The van der Waals surface area contributed by atoms with Gasteiger partial charge in [-0.15, -0.1) is 0 Å². The quantitative estimate of drug-likeness (QED) is 0.689. The molecule has 1 fully saturated rings. The van der Waals surface area contributed by atoms with E-state index in [1.165, 1.54) is 0 Å². The summed E-state index contributed by atoms with van der Waals surface area (Å²) in [4.78, 5) is 41.4. The van der Waals surface area contributed by atoms with E-state index >= 15 is 0 Å². The highest BCUT2D eigenvalue weighted by Crippen LogP contribution is 2.12. The van der Waals surface area contributed by atoms with Gasteiger partial charge in [0.05, 0.1) is 6.54 Å². The van der Waals surface area contributed by atoms with Crippen LogP contribution in [0.25, 0.3) is 0 Å². The Morgan fingerprint density at radius 1 is 1.10 bits per heavy atom. The smallest absolute Gasteiger partial charge is 0.251 e. The summed E-state index contributed by atoms with van der Waals surface area (Å²) in [6, 6.07) is 6.78. The molecule has 0 aliphatic carbocycles. The van der Waals surface area contributed by atoms with Crippen molar-refractivity contribution in [2.75, 3.05) is 39.3 Å². The summed E-state index contributed by atoms with van der Waals surface area (Å²) in [5.74, 6) is -0.283. The Balaban J connectivity index is 1.91. The normalized spacial score (nSPS) is 15.8. The minimum Gasteiger partial charge on any atom is -0.355 e. The average Bonchev–Trinajstić information content (AvgIpc) is 2.70. The first-order valence-electron chi connectivity index (χ1n) is 10.5. The number of benzene rings is 1. The molecule has 7 heteroatoms. The van der Waals surface area contributed by atoms with Gasteiger partial charge in [0.2, 0.25) is 11.8 Å². The van der Waals surface area contributed by atoms with Gasteiger partial charge in [0, 0.05) is 38.3 Å². The molecule has 7 nitrogen and oxygen atoms in total. The molecule has 2 rings (SSSR count). The van der Waals surface area contributed by atoms with Gasteiger partial charge in [-0.05, 0) is 31.4 Å². The fraction of sp³-hybridized carbons (Fsp3) is 0.591. The molecule has 1 aliphatic rings. The number of carbonyl (C=O) groups is 3. The van der Waals surface area contributed by atoms with Crippen LogP contribution in [0.1, 0.15) is 43.1 Å². The lowest BCUT2D eigenvalue weighted by Crippen LogP contribution is -2.57. The molecule has 2 N–H and O–H groups in total. The van der Waals surface area contributed by atoms with E-state index in [9.17, 15) is 14.4 Å². The lowest BCUT2D eigenvalue weighted by Gasteiger charge is -2.37. The first-order chi connectivity index (χ1) is 13.8. The van der Waals surface area contributed by atoms with Gasteiger partial charge >= 0.3 is 0 Å². The molecule has 0 spiro atoms. The lowest BCUT2D eigenvalue weighted by molar-refractivity contribution is -0.136. The number of rotatable bonds is 8. The van der Waals surface area contributed by atoms with Gasteiger partial charge in [0.15, 0.2) is 0 Å². The van der Waals surface area contributed by atoms with Gasteiger partial charge in [0.1, 0.15) is 6.04 Å². The molecule has 1 aromatic rings. The van der Waals surface area contributed by atoms with Crippen molar-refractivity contribution in [3.05, 3.63) is 35.4 Å². The highest BCUT2D eigenvalue weighted by Gasteiger charge is 2.31. The second kappa shape index (κ2) is 11.0. The van der Waals surface area contributed by atoms with E-state index < -0.39 is 6.04 Å². The number of nitrogens with zero attached hydrogens (tertiary/aromatic N) is 2. The molecule has 1 atom stereocenters. The second-order valence-corrected chi connectivity index (χ2v) is 8.02. The first-order valence-corrected chi connectivity index (χ1v) is 10.5. The van der Waals surface area contributed by atoms with Gasteiger partial charge < -0.3 is 15.5 Å². The van der Waals surface area contributed by atoms with E-state index in [1.54, 1.807) is 11.0 Å². The SMILES string of the molecule is CCCNC(=O)CN1CCN(C(=O)C(NC(=O)c2cccc(C)c2)C(C)C)CC1. The number of aryl methyl sites for hydroxylation is 1. The Kier molecular flexibility index (Phi) is 8.64. The molecule has 0 saturated carbocycles. The maximum absolute atomic E-state index is 13.1. The maximum Gasteiger partial charge on any atom is 0.251 e. The highest BCUT2D eigenvalue weighted by atomic mass is 16.2. The molecular weight excluding hydrogens is 368 g/mol. The van der Waals surface area contributed by atoms with E-state index in [0.29, 0.717) is 44.8 Å². The maximum atomic E-state index is 13.1. The minimum absolute atomic E-state index is 0.0193. The largest absolute Gasteiger partial charge is 0.355 e. The van der Waals surface area contributed by atoms with Crippen molar-refractivity contribution >= 4 is 17.7 Å². The van der Waals surface area contributed by atoms with E-state index in [1.807, 2.05) is 45.9 Å². The monoisotopic (exact) mass is 402 g/mol. The molecule has 0 bridgehead atoms. The van der Waals surface area contributed by atoms with Gasteiger partial charge in [-0.2, -0.15) is 0 Å². The van der Waals surface area contributed by atoms with Crippen molar-refractivity contribution in [1.29, 1.82) is 0 Å². The zero-order chi connectivity index (χ0) is 21.4. The van der Waals surface area contributed by atoms with Crippen molar-refractivity contribution in [1.82, 2.24) is 20.4 Å². The van der Waals surface area contributed by atoms with Crippen LogP contribution in [0.2, 0.25) is 0 Å². The van der Waals surface area contributed by atoms with Crippen LogP contribution in [0.3, 0.4) is 0 Å². The van der Waals surface area contributed by atoms with Gasteiger partial charge in [-0.3, -0.25) is 19.3 Å². The Bertz CT molecular complexity index is 712. The standard InChI is InChI=1S/C22H34N4O3/c1-5-9-23-19(27)15-25-10-12-26(13-11-25)22(29)20(16(2)3)24-21(28)18-8-6-7-17(4)14-18/h6-8,14,16,20H,5,9-13,15H2,1-4H3,(H,23,27)(H,24,28). The molecule has 1 unspecified atom stereocenters. The molecule has 3 amide bonds. The number of piperazine rings is 1. The summed E-state index contributed by atoms with van der Waals surface area (Å²) >= 11 is 0. The average molecular weight is 403 g/mol. The topological polar surface area (TPSA) is 81.8 Å². The summed E-state index contributed by atoms with van der Waals surface area (Å²) in [6.07, 6.45) is 0.916. The number of nitrogens with one attached hydrogen (secondary N) is 2. The minimum atomic E-state index is -0.567. The fourth-order valence-electron chi connectivity index (χ4n) is 3.37. The first kappa shape index (κ1) is 22.9. The van der Waals surface area contributed by atoms with Crippen LogP contribution < -0.4 is 10.6 Å². The van der Waals surface area contributed by atoms with Crippen LogP contribution in [-0.4, -0.2) is 72.8 Å². The second-order valence-electron chi connectivity index (χ2n) is 8.02. The number of amides is 3. The zero-order valence-electron chi connectivity index (χ0n) is 18.0. The van der Waals surface area contributed by atoms with E-state index in [-0.39, 0.29) is 23.6 Å². The van der Waals surface area contributed by atoms with E-state index in [2.05, 4.69) is 15.5 Å². The molecule has 0 radical (unpaired) electrons. The van der Waals surface area contributed by atoms with Gasteiger partial charge in [-0.1, -0.05) is 38.5 Å². The van der Waals surface area contributed by atoms with Crippen molar-refractivity contribution < 1.29 is 14.4 Å². The van der Waals surface area contributed by atoms with Gasteiger partial charge in [-0.25, -0.2) is 0 Å².